The first kappa shape index (κ1) is 14.3. The third kappa shape index (κ3) is 4.22. The summed E-state index contributed by atoms with van der Waals surface area (Å²) in [4.78, 5) is 23.2. The number of carbonyl (C=O) groups is 2. The van der Waals surface area contributed by atoms with E-state index in [0.717, 1.165) is 36.4 Å². The quantitative estimate of drug-likeness (QED) is 0.525. The lowest BCUT2D eigenvalue weighted by molar-refractivity contribution is 0.173. The monoisotopic (exact) mass is 280 g/mol. The third-order valence-corrected chi connectivity index (χ3v) is 3.21. The van der Waals surface area contributed by atoms with Gasteiger partial charge in [-0.2, -0.15) is 10.2 Å². The zero-order chi connectivity index (χ0) is 14.4. The molecule has 2 rings (SSSR count). The zero-order valence-electron chi connectivity index (χ0n) is 11.6. The van der Waals surface area contributed by atoms with Crippen LogP contribution in [0.3, 0.4) is 0 Å². The molecule has 8 heteroatoms. The molecular formula is C12H20N6O2. The first-order valence-corrected chi connectivity index (χ1v) is 6.88. The molecule has 1 aliphatic carbocycles. The summed E-state index contributed by atoms with van der Waals surface area (Å²) in [5.41, 5.74) is 8.90. The van der Waals surface area contributed by atoms with E-state index in [1.807, 2.05) is 0 Å². The van der Waals surface area contributed by atoms with Crippen LogP contribution in [0.15, 0.2) is 10.2 Å². The van der Waals surface area contributed by atoms with Crippen molar-refractivity contribution < 1.29 is 9.59 Å². The fraction of sp³-hybridized carbons (Fsp3) is 0.667. The van der Waals surface area contributed by atoms with Gasteiger partial charge in [0.15, 0.2) is 0 Å². The molecule has 0 aromatic rings. The molecule has 0 saturated heterocycles. The van der Waals surface area contributed by atoms with Gasteiger partial charge in [0.05, 0.1) is 12.3 Å². The van der Waals surface area contributed by atoms with Crippen LogP contribution in [0, 0.1) is 0 Å². The number of hydrazone groups is 2. The van der Waals surface area contributed by atoms with Crippen LogP contribution < -0.4 is 16.3 Å². The van der Waals surface area contributed by atoms with Crippen LogP contribution in [0.2, 0.25) is 0 Å². The molecule has 1 fully saturated rings. The number of nitrogens with zero attached hydrogens (tertiary/aromatic N) is 3. The Hall–Kier alpha value is -2.12. The van der Waals surface area contributed by atoms with E-state index in [1.165, 1.54) is 12.8 Å². The topological polar surface area (TPSA) is 98.2 Å². The minimum absolute atomic E-state index is 0.260. The lowest BCUT2D eigenvalue weighted by Gasteiger charge is -2.25. The molecule has 0 bridgehead atoms. The third-order valence-electron chi connectivity index (χ3n) is 3.21. The summed E-state index contributed by atoms with van der Waals surface area (Å²) in [5.74, 6) is 0. The van der Waals surface area contributed by atoms with Crippen molar-refractivity contribution in [2.24, 2.45) is 10.2 Å². The van der Waals surface area contributed by atoms with Crippen LogP contribution in [0.25, 0.3) is 0 Å². The molecule has 1 heterocycles. The average molecular weight is 280 g/mol. The second-order valence-corrected chi connectivity index (χ2v) is 5.00. The molecule has 8 nitrogen and oxygen atoms in total. The molecule has 0 aromatic heterocycles. The highest BCUT2D eigenvalue weighted by atomic mass is 16.2. The van der Waals surface area contributed by atoms with Crippen molar-refractivity contribution in [2.45, 2.75) is 45.4 Å². The van der Waals surface area contributed by atoms with Gasteiger partial charge in [0, 0.05) is 5.71 Å². The predicted molar refractivity (Wildman–Crippen MR) is 75.2 cm³/mol. The number of urea groups is 2. The molecule has 0 unspecified atom stereocenters. The van der Waals surface area contributed by atoms with Crippen LogP contribution in [0.5, 0.6) is 0 Å². The Kier molecular flexibility index (Phi) is 4.91. The van der Waals surface area contributed by atoms with Crippen molar-refractivity contribution in [2.75, 3.05) is 6.54 Å². The molecule has 1 saturated carbocycles. The van der Waals surface area contributed by atoms with Crippen molar-refractivity contribution in [3.8, 4) is 0 Å². The SMILES string of the molecule is CC1=NNC(=O)N(NC(=O)NN=C2CCCCCC2)C1. The molecule has 20 heavy (non-hydrogen) atoms. The van der Waals surface area contributed by atoms with Crippen LogP contribution in [-0.2, 0) is 0 Å². The van der Waals surface area contributed by atoms with Gasteiger partial charge in [0.25, 0.3) is 0 Å². The molecule has 110 valence electrons. The Bertz CT molecular complexity index is 435. The number of amides is 4. The normalized spacial score (nSPS) is 19.6. The van der Waals surface area contributed by atoms with E-state index >= 15 is 0 Å². The summed E-state index contributed by atoms with van der Waals surface area (Å²) in [6.45, 7) is 2.02. The molecule has 0 atom stereocenters. The maximum Gasteiger partial charge on any atom is 0.356 e. The van der Waals surface area contributed by atoms with E-state index in [-0.39, 0.29) is 6.54 Å². The Morgan fingerprint density at radius 2 is 2.00 bits per heavy atom. The second kappa shape index (κ2) is 6.88. The lowest BCUT2D eigenvalue weighted by atomic mass is 10.2. The number of hydrazine groups is 1. The van der Waals surface area contributed by atoms with Gasteiger partial charge in [-0.3, -0.25) is 0 Å². The molecule has 0 aromatic carbocycles. The van der Waals surface area contributed by atoms with Crippen molar-refractivity contribution in [1.82, 2.24) is 21.3 Å². The highest BCUT2D eigenvalue weighted by Crippen LogP contribution is 2.14. The molecule has 3 N–H and O–H groups in total. The van der Waals surface area contributed by atoms with E-state index in [4.69, 9.17) is 0 Å². The van der Waals surface area contributed by atoms with Gasteiger partial charge in [-0.25, -0.2) is 30.9 Å². The highest BCUT2D eigenvalue weighted by molar-refractivity contribution is 5.92. The Balaban J connectivity index is 1.81. The van der Waals surface area contributed by atoms with E-state index < -0.39 is 12.1 Å². The van der Waals surface area contributed by atoms with Crippen LogP contribution in [0.4, 0.5) is 9.59 Å². The largest absolute Gasteiger partial charge is 0.356 e. The summed E-state index contributed by atoms with van der Waals surface area (Å²) < 4.78 is 0. The van der Waals surface area contributed by atoms with Gasteiger partial charge in [-0.1, -0.05) is 12.8 Å². The van der Waals surface area contributed by atoms with Crippen LogP contribution >= 0.6 is 0 Å². The minimum atomic E-state index is -0.522. The van der Waals surface area contributed by atoms with Gasteiger partial charge >= 0.3 is 12.1 Å². The average Bonchev–Trinajstić information content (AvgIpc) is 2.69. The fourth-order valence-electron chi connectivity index (χ4n) is 2.16. The minimum Gasteiger partial charge on any atom is -0.245 e. The number of carbonyl (C=O) groups excluding carboxylic acids is 2. The van der Waals surface area contributed by atoms with Crippen molar-refractivity contribution in [1.29, 1.82) is 0 Å². The maximum absolute atomic E-state index is 11.7. The first-order valence-electron chi connectivity index (χ1n) is 6.88. The smallest absolute Gasteiger partial charge is 0.245 e. The van der Waals surface area contributed by atoms with Crippen LogP contribution in [-0.4, -0.2) is 35.0 Å². The number of hydrogen-bond donors (Lipinski definition) is 3. The first-order chi connectivity index (χ1) is 9.65. The lowest BCUT2D eigenvalue weighted by Crippen LogP contribution is -2.56. The summed E-state index contributed by atoms with van der Waals surface area (Å²) in [6, 6.07) is -0.987. The summed E-state index contributed by atoms with van der Waals surface area (Å²) in [5, 5.41) is 9.05. The van der Waals surface area contributed by atoms with E-state index in [1.54, 1.807) is 6.92 Å². The number of hydrogen-bond acceptors (Lipinski definition) is 4. The van der Waals surface area contributed by atoms with Gasteiger partial charge in [-0.05, 0) is 32.6 Å². The number of nitrogens with one attached hydrogen (secondary N) is 3. The zero-order valence-corrected chi connectivity index (χ0v) is 11.6. The molecule has 0 spiro atoms. The van der Waals surface area contributed by atoms with Crippen molar-refractivity contribution in [3.63, 3.8) is 0 Å². The standard InChI is InChI=1S/C12H20N6O2/c1-9-8-18(12(20)16-13-9)17-11(19)15-14-10-6-4-2-3-5-7-10/h2-8H2,1H3,(H,16,20)(H2,15,17,19). The highest BCUT2D eigenvalue weighted by Gasteiger charge is 2.20. The second-order valence-electron chi connectivity index (χ2n) is 5.00. The summed E-state index contributed by atoms with van der Waals surface area (Å²) >= 11 is 0. The van der Waals surface area contributed by atoms with E-state index in [2.05, 4.69) is 26.5 Å². The van der Waals surface area contributed by atoms with Crippen molar-refractivity contribution in [3.05, 3.63) is 0 Å². The Labute approximate surface area is 117 Å². The summed E-state index contributed by atoms with van der Waals surface area (Å²) in [6.07, 6.45) is 6.53. The molecule has 4 amide bonds. The van der Waals surface area contributed by atoms with Gasteiger partial charge < -0.3 is 0 Å². The summed E-state index contributed by atoms with van der Waals surface area (Å²) in [7, 11) is 0. The van der Waals surface area contributed by atoms with E-state index in [0.29, 0.717) is 5.71 Å². The fourth-order valence-corrected chi connectivity index (χ4v) is 2.16. The molecule has 2 aliphatic rings. The Morgan fingerprint density at radius 1 is 1.30 bits per heavy atom. The number of rotatable bonds is 2. The molecule has 1 aliphatic heterocycles. The van der Waals surface area contributed by atoms with Crippen LogP contribution in [0.1, 0.15) is 45.4 Å². The predicted octanol–water partition coefficient (Wildman–Crippen LogP) is 1.31. The van der Waals surface area contributed by atoms with Gasteiger partial charge in [0.2, 0.25) is 0 Å². The van der Waals surface area contributed by atoms with Gasteiger partial charge in [0.1, 0.15) is 0 Å². The Morgan fingerprint density at radius 3 is 2.70 bits per heavy atom. The van der Waals surface area contributed by atoms with E-state index in [9.17, 15) is 9.59 Å². The molecule has 0 radical (unpaired) electrons. The van der Waals surface area contributed by atoms with Gasteiger partial charge in [-0.15, -0.1) is 0 Å². The molecular weight excluding hydrogens is 260 g/mol. The maximum atomic E-state index is 11.7. The van der Waals surface area contributed by atoms with Crippen molar-refractivity contribution >= 4 is 23.5 Å².